The van der Waals surface area contributed by atoms with Gasteiger partial charge in [-0.1, -0.05) is 0 Å². The number of carbonyl (C=O) groups excluding carboxylic acids is 2. The van der Waals surface area contributed by atoms with Gasteiger partial charge in [0.1, 0.15) is 11.3 Å². The van der Waals surface area contributed by atoms with Gasteiger partial charge in [-0.25, -0.2) is 9.18 Å². The van der Waals surface area contributed by atoms with Gasteiger partial charge in [-0.3, -0.25) is 4.79 Å². The maximum Gasteiger partial charge on any atom is 0.379 e. The van der Waals surface area contributed by atoms with Gasteiger partial charge in [0.15, 0.2) is 11.6 Å². The summed E-state index contributed by atoms with van der Waals surface area (Å²) in [5.41, 5.74) is -0.490. The van der Waals surface area contributed by atoms with E-state index in [1.807, 2.05) is 0 Å². The Morgan fingerprint density at radius 3 is 2.22 bits per heavy atom. The lowest BCUT2D eigenvalue weighted by Gasteiger charge is -2.10. The molecule has 0 bridgehead atoms. The Labute approximate surface area is 103 Å². The zero-order valence-electron chi connectivity index (χ0n) is 10.3. The molecule has 0 fully saturated rings. The first-order valence-corrected chi connectivity index (χ1v) is 5.18. The van der Waals surface area contributed by atoms with Gasteiger partial charge in [-0.2, -0.15) is 0 Å². The minimum atomic E-state index is -1.14. The number of methoxy groups -OCH3 is 2. The molecule has 0 N–H and O–H groups in total. The van der Waals surface area contributed by atoms with Crippen LogP contribution < -0.4 is 9.47 Å². The number of ether oxygens (including phenoxy) is 3. The van der Waals surface area contributed by atoms with Crippen molar-refractivity contribution in [2.24, 2.45) is 0 Å². The van der Waals surface area contributed by atoms with Gasteiger partial charge in [0.2, 0.25) is 0 Å². The molecular weight excluding hydrogens is 243 g/mol. The standard InChI is InChI=1S/C12H13FO5/c1-4-18-12(15)11(14)9-7(16-2)5-6-8(17-3)10(9)13/h5-6H,4H2,1-3H3. The number of benzene rings is 1. The molecule has 1 aromatic rings. The second-order valence-electron chi connectivity index (χ2n) is 3.21. The zero-order valence-corrected chi connectivity index (χ0v) is 10.3. The first-order chi connectivity index (χ1) is 8.56. The maximum absolute atomic E-state index is 13.9. The minimum Gasteiger partial charge on any atom is -0.496 e. The molecule has 98 valence electrons. The van der Waals surface area contributed by atoms with Crippen molar-refractivity contribution in [1.29, 1.82) is 0 Å². The summed E-state index contributed by atoms with van der Waals surface area (Å²) in [5.74, 6) is -3.39. The van der Waals surface area contributed by atoms with Gasteiger partial charge in [-0.15, -0.1) is 0 Å². The van der Waals surface area contributed by atoms with E-state index in [1.54, 1.807) is 6.92 Å². The molecule has 5 nitrogen and oxygen atoms in total. The molecule has 0 saturated heterocycles. The van der Waals surface area contributed by atoms with Gasteiger partial charge in [-0.05, 0) is 19.1 Å². The lowest BCUT2D eigenvalue weighted by Crippen LogP contribution is -2.20. The predicted octanol–water partition coefficient (Wildman–Crippen LogP) is 1.59. The van der Waals surface area contributed by atoms with Crippen molar-refractivity contribution in [3.8, 4) is 11.5 Å². The Morgan fingerprint density at radius 2 is 1.72 bits per heavy atom. The molecule has 0 unspecified atom stereocenters. The summed E-state index contributed by atoms with van der Waals surface area (Å²) in [7, 11) is 2.52. The van der Waals surface area contributed by atoms with Crippen LogP contribution in [-0.4, -0.2) is 32.6 Å². The van der Waals surface area contributed by atoms with E-state index < -0.39 is 23.1 Å². The van der Waals surface area contributed by atoms with Crippen LogP contribution >= 0.6 is 0 Å². The Morgan fingerprint density at radius 1 is 1.17 bits per heavy atom. The highest BCUT2D eigenvalue weighted by Crippen LogP contribution is 2.29. The normalized spacial score (nSPS) is 9.78. The molecule has 0 spiro atoms. The predicted molar refractivity (Wildman–Crippen MR) is 60.5 cm³/mol. The molecule has 0 aromatic heterocycles. The van der Waals surface area contributed by atoms with Crippen LogP contribution in [0, 0.1) is 5.82 Å². The van der Waals surface area contributed by atoms with E-state index in [4.69, 9.17) is 9.47 Å². The summed E-state index contributed by atoms with van der Waals surface area (Å²) in [5, 5.41) is 0. The molecule has 1 aromatic carbocycles. The van der Waals surface area contributed by atoms with Crippen LogP contribution in [0.4, 0.5) is 4.39 Å². The summed E-state index contributed by atoms with van der Waals surface area (Å²) >= 11 is 0. The van der Waals surface area contributed by atoms with Crippen molar-refractivity contribution in [3.63, 3.8) is 0 Å². The molecule has 0 radical (unpaired) electrons. The van der Waals surface area contributed by atoms with Gasteiger partial charge >= 0.3 is 5.97 Å². The average Bonchev–Trinajstić information content (AvgIpc) is 2.37. The minimum absolute atomic E-state index is 0.0263. The Kier molecular flexibility index (Phi) is 4.65. The lowest BCUT2D eigenvalue weighted by molar-refractivity contribution is -0.137. The fourth-order valence-corrected chi connectivity index (χ4v) is 1.38. The summed E-state index contributed by atoms with van der Waals surface area (Å²) in [4.78, 5) is 23.1. The maximum atomic E-state index is 13.9. The fraction of sp³-hybridized carbons (Fsp3) is 0.333. The highest BCUT2D eigenvalue weighted by Gasteiger charge is 2.27. The van der Waals surface area contributed by atoms with E-state index in [2.05, 4.69) is 4.74 Å². The smallest absolute Gasteiger partial charge is 0.379 e. The molecule has 6 heteroatoms. The van der Waals surface area contributed by atoms with Crippen LogP contribution in [0.25, 0.3) is 0 Å². The van der Waals surface area contributed by atoms with Gasteiger partial charge in [0, 0.05) is 0 Å². The Balaban J connectivity index is 3.28. The zero-order chi connectivity index (χ0) is 13.7. The number of carbonyl (C=O) groups is 2. The van der Waals surface area contributed by atoms with E-state index in [-0.39, 0.29) is 18.1 Å². The van der Waals surface area contributed by atoms with Gasteiger partial charge < -0.3 is 14.2 Å². The van der Waals surface area contributed by atoms with E-state index in [0.29, 0.717) is 0 Å². The summed E-state index contributed by atoms with van der Waals surface area (Å²) in [6.07, 6.45) is 0. The molecule has 18 heavy (non-hydrogen) atoms. The number of rotatable bonds is 5. The van der Waals surface area contributed by atoms with E-state index >= 15 is 0 Å². The monoisotopic (exact) mass is 256 g/mol. The van der Waals surface area contributed by atoms with Gasteiger partial charge in [0.05, 0.1) is 20.8 Å². The fourth-order valence-electron chi connectivity index (χ4n) is 1.38. The third kappa shape index (κ3) is 2.58. The molecule has 0 amide bonds. The average molecular weight is 256 g/mol. The highest BCUT2D eigenvalue weighted by atomic mass is 19.1. The Hall–Kier alpha value is -2.11. The number of hydrogen-bond acceptors (Lipinski definition) is 5. The molecule has 0 aliphatic rings. The highest BCUT2D eigenvalue weighted by molar-refractivity contribution is 6.41. The quantitative estimate of drug-likeness (QED) is 0.455. The van der Waals surface area contributed by atoms with Crippen molar-refractivity contribution >= 4 is 11.8 Å². The summed E-state index contributed by atoms with van der Waals surface area (Å²) in [6.45, 7) is 1.57. The van der Waals surface area contributed by atoms with Crippen molar-refractivity contribution in [2.45, 2.75) is 6.92 Å². The van der Waals surface area contributed by atoms with Crippen molar-refractivity contribution < 1.29 is 28.2 Å². The SMILES string of the molecule is CCOC(=O)C(=O)c1c(OC)ccc(OC)c1F. The number of halogens is 1. The molecule has 0 aliphatic carbocycles. The number of ketones is 1. The molecule has 0 saturated carbocycles. The first kappa shape index (κ1) is 14.0. The molecule has 0 heterocycles. The van der Waals surface area contributed by atoms with Crippen molar-refractivity contribution in [2.75, 3.05) is 20.8 Å². The van der Waals surface area contributed by atoms with Crippen LogP contribution in [0.15, 0.2) is 12.1 Å². The second-order valence-corrected chi connectivity index (χ2v) is 3.21. The molecule has 0 aliphatic heterocycles. The van der Waals surface area contributed by atoms with Crippen LogP contribution in [-0.2, 0) is 9.53 Å². The lowest BCUT2D eigenvalue weighted by atomic mass is 10.1. The van der Waals surface area contributed by atoms with Crippen LogP contribution in [0.3, 0.4) is 0 Å². The molecule has 0 atom stereocenters. The topological polar surface area (TPSA) is 61.8 Å². The van der Waals surface area contributed by atoms with E-state index in [0.717, 1.165) is 0 Å². The number of Topliss-reactive ketones (excluding diaryl/α,β-unsaturated/α-hetero) is 1. The van der Waals surface area contributed by atoms with Gasteiger partial charge in [0.25, 0.3) is 5.78 Å². The second kappa shape index (κ2) is 6.00. The first-order valence-electron chi connectivity index (χ1n) is 5.18. The van der Waals surface area contributed by atoms with Crippen LogP contribution in [0.1, 0.15) is 17.3 Å². The molecular formula is C12H13FO5. The van der Waals surface area contributed by atoms with Crippen LogP contribution in [0.2, 0.25) is 0 Å². The number of esters is 1. The third-order valence-electron chi connectivity index (χ3n) is 2.20. The Bertz CT molecular complexity index is 470. The largest absolute Gasteiger partial charge is 0.496 e. The molecule has 1 rings (SSSR count). The van der Waals surface area contributed by atoms with Crippen LogP contribution in [0.5, 0.6) is 11.5 Å². The van der Waals surface area contributed by atoms with Crippen molar-refractivity contribution in [3.05, 3.63) is 23.5 Å². The van der Waals surface area contributed by atoms with E-state index in [9.17, 15) is 14.0 Å². The summed E-state index contributed by atoms with van der Waals surface area (Å²) in [6, 6.07) is 2.64. The van der Waals surface area contributed by atoms with E-state index in [1.165, 1.54) is 26.4 Å². The number of hydrogen-bond donors (Lipinski definition) is 0. The summed E-state index contributed by atoms with van der Waals surface area (Å²) < 4.78 is 28.1. The third-order valence-corrected chi connectivity index (χ3v) is 2.20. The van der Waals surface area contributed by atoms with Crippen molar-refractivity contribution in [1.82, 2.24) is 0 Å².